The lowest BCUT2D eigenvalue weighted by molar-refractivity contribution is 0.0657. The van der Waals surface area contributed by atoms with Crippen LogP contribution in [0.1, 0.15) is 19.8 Å². The predicted octanol–water partition coefficient (Wildman–Crippen LogP) is 2.72. The zero-order valence-corrected chi connectivity index (χ0v) is 9.55. The quantitative estimate of drug-likeness (QED) is 0.788. The fraction of sp³-hybridized carbons (Fsp3) is 0.545. The number of rotatable bonds is 2. The Morgan fingerprint density at radius 3 is 2.80 bits per heavy atom. The highest BCUT2D eigenvalue weighted by Crippen LogP contribution is 2.24. The molecule has 2 heterocycles. The molecule has 1 N–H and O–H groups in total. The van der Waals surface area contributed by atoms with Crippen LogP contribution in [0.5, 0.6) is 0 Å². The second-order valence-electron chi connectivity index (χ2n) is 4.14. The molecule has 0 radical (unpaired) electrons. The van der Waals surface area contributed by atoms with E-state index in [0.717, 1.165) is 31.9 Å². The van der Waals surface area contributed by atoms with Gasteiger partial charge in [0, 0.05) is 18.8 Å². The average Bonchev–Trinajstić information content (AvgIpc) is 2.18. The molecule has 0 aliphatic carbocycles. The first-order valence-corrected chi connectivity index (χ1v) is 5.54. The fourth-order valence-electron chi connectivity index (χ4n) is 1.73. The lowest BCUT2D eigenvalue weighted by atomic mass is 9.92. The summed E-state index contributed by atoms with van der Waals surface area (Å²) in [5.74, 6) is 0.840. The zero-order valence-electron chi connectivity index (χ0n) is 8.79. The third-order valence-corrected chi connectivity index (χ3v) is 2.95. The number of nitrogens with one attached hydrogen (secondary N) is 1. The van der Waals surface area contributed by atoms with E-state index in [1.165, 1.54) is 0 Å². The van der Waals surface area contributed by atoms with Gasteiger partial charge in [0.25, 0.3) is 0 Å². The summed E-state index contributed by atoms with van der Waals surface area (Å²) in [7, 11) is 0. The molecule has 0 saturated carbocycles. The van der Waals surface area contributed by atoms with E-state index in [2.05, 4.69) is 17.2 Å². The van der Waals surface area contributed by atoms with Gasteiger partial charge in [-0.3, -0.25) is 0 Å². The highest BCUT2D eigenvalue weighted by Gasteiger charge is 2.27. The van der Waals surface area contributed by atoms with Crippen LogP contribution in [-0.4, -0.2) is 23.7 Å². The van der Waals surface area contributed by atoms with Crippen LogP contribution < -0.4 is 5.32 Å². The van der Waals surface area contributed by atoms with Crippen LogP contribution in [0.15, 0.2) is 18.2 Å². The number of ether oxygens (including phenoxy) is 1. The Morgan fingerprint density at radius 2 is 2.13 bits per heavy atom. The Hall–Kier alpha value is -0.800. The highest BCUT2D eigenvalue weighted by molar-refractivity contribution is 6.29. The molecule has 0 atom stereocenters. The van der Waals surface area contributed by atoms with Crippen LogP contribution in [0.4, 0.5) is 5.82 Å². The van der Waals surface area contributed by atoms with E-state index >= 15 is 0 Å². The first-order chi connectivity index (χ1) is 7.18. The van der Waals surface area contributed by atoms with Crippen molar-refractivity contribution in [1.82, 2.24) is 4.98 Å². The molecule has 1 saturated heterocycles. The minimum atomic E-state index is 0.0793. The number of hydrogen-bond acceptors (Lipinski definition) is 3. The van der Waals surface area contributed by atoms with Gasteiger partial charge in [-0.2, -0.15) is 0 Å². The van der Waals surface area contributed by atoms with Crippen molar-refractivity contribution in [2.75, 3.05) is 18.5 Å². The van der Waals surface area contributed by atoms with Gasteiger partial charge in [0.15, 0.2) is 0 Å². The van der Waals surface area contributed by atoms with Crippen molar-refractivity contribution in [1.29, 1.82) is 0 Å². The Balaban J connectivity index is 2.06. The van der Waals surface area contributed by atoms with Crippen LogP contribution in [0.25, 0.3) is 0 Å². The summed E-state index contributed by atoms with van der Waals surface area (Å²) < 4.78 is 5.34. The Labute approximate surface area is 94.8 Å². The molecular weight excluding hydrogens is 212 g/mol. The molecule has 15 heavy (non-hydrogen) atoms. The van der Waals surface area contributed by atoms with Crippen molar-refractivity contribution in [2.45, 2.75) is 25.3 Å². The van der Waals surface area contributed by atoms with Crippen LogP contribution in [-0.2, 0) is 4.74 Å². The molecule has 4 heteroatoms. The Morgan fingerprint density at radius 1 is 1.40 bits per heavy atom. The van der Waals surface area contributed by atoms with Gasteiger partial charge in [0.2, 0.25) is 0 Å². The normalized spacial score (nSPS) is 19.9. The molecule has 1 fully saturated rings. The molecule has 0 unspecified atom stereocenters. The molecule has 3 nitrogen and oxygen atoms in total. The van der Waals surface area contributed by atoms with E-state index in [4.69, 9.17) is 16.3 Å². The molecule has 1 aliphatic rings. The fourth-order valence-corrected chi connectivity index (χ4v) is 1.90. The molecular formula is C11H15ClN2O. The summed E-state index contributed by atoms with van der Waals surface area (Å²) >= 11 is 5.83. The summed E-state index contributed by atoms with van der Waals surface area (Å²) in [6, 6.07) is 5.62. The van der Waals surface area contributed by atoms with Gasteiger partial charge in [-0.15, -0.1) is 0 Å². The number of halogens is 1. The minimum absolute atomic E-state index is 0.0793. The average molecular weight is 227 g/mol. The van der Waals surface area contributed by atoms with E-state index in [1.54, 1.807) is 6.07 Å². The summed E-state index contributed by atoms with van der Waals surface area (Å²) in [5, 5.41) is 3.95. The van der Waals surface area contributed by atoms with Crippen LogP contribution in [0, 0.1) is 0 Å². The molecule has 1 aromatic heterocycles. The van der Waals surface area contributed by atoms with Crippen molar-refractivity contribution in [3.63, 3.8) is 0 Å². The zero-order chi connectivity index (χ0) is 10.7. The first-order valence-electron chi connectivity index (χ1n) is 5.16. The van der Waals surface area contributed by atoms with E-state index in [0.29, 0.717) is 5.15 Å². The van der Waals surface area contributed by atoms with Gasteiger partial charge in [-0.1, -0.05) is 17.7 Å². The smallest absolute Gasteiger partial charge is 0.131 e. The van der Waals surface area contributed by atoms with Crippen molar-refractivity contribution in [3.8, 4) is 0 Å². The van der Waals surface area contributed by atoms with Crippen molar-refractivity contribution in [3.05, 3.63) is 23.4 Å². The van der Waals surface area contributed by atoms with Gasteiger partial charge in [0.05, 0.1) is 0 Å². The number of pyridine rings is 1. The van der Waals surface area contributed by atoms with E-state index in [9.17, 15) is 0 Å². The van der Waals surface area contributed by atoms with Gasteiger partial charge in [-0.05, 0) is 31.9 Å². The van der Waals surface area contributed by atoms with Crippen LogP contribution in [0.3, 0.4) is 0 Å². The topological polar surface area (TPSA) is 34.2 Å². The van der Waals surface area contributed by atoms with Gasteiger partial charge in [-0.25, -0.2) is 4.98 Å². The maximum Gasteiger partial charge on any atom is 0.131 e. The predicted molar refractivity (Wildman–Crippen MR) is 61.3 cm³/mol. The molecule has 82 valence electrons. The maximum atomic E-state index is 5.83. The van der Waals surface area contributed by atoms with Gasteiger partial charge < -0.3 is 10.1 Å². The van der Waals surface area contributed by atoms with Crippen LogP contribution in [0.2, 0.25) is 5.15 Å². The largest absolute Gasteiger partial charge is 0.381 e. The third-order valence-electron chi connectivity index (χ3n) is 2.74. The van der Waals surface area contributed by atoms with E-state index in [1.807, 2.05) is 12.1 Å². The Bertz CT molecular complexity index is 337. The SMILES string of the molecule is CC1(Nc2cccc(Cl)n2)CCOCC1. The number of anilines is 1. The summed E-state index contributed by atoms with van der Waals surface area (Å²) in [5.41, 5.74) is 0.0793. The number of aromatic nitrogens is 1. The van der Waals surface area contributed by atoms with Crippen molar-refractivity contribution < 1.29 is 4.74 Å². The lowest BCUT2D eigenvalue weighted by Gasteiger charge is -2.34. The monoisotopic (exact) mass is 226 g/mol. The Kier molecular flexibility index (Phi) is 3.12. The van der Waals surface area contributed by atoms with E-state index in [-0.39, 0.29) is 5.54 Å². The lowest BCUT2D eigenvalue weighted by Crippen LogP contribution is -2.40. The van der Waals surface area contributed by atoms with Crippen LogP contribution >= 0.6 is 11.6 Å². The summed E-state index contributed by atoms with van der Waals surface area (Å²) in [4.78, 5) is 4.23. The van der Waals surface area contributed by atoms with Gasteiger partial charge in [0.1, 0.15) is 11.0 Å². The standard InChI is InChI=1S/C11H15ClN2O/c1-11(5-7-15-8-6-11)14-10-4-2-3-9(12)13-10/h2-4H,5-8H2,1H3,(H,13,14). The van der Waals surface area contributed by atoms with Crippen molar-refractivity contribution in [2.24, 2.45) is 0 Å². The number of nitrogens with zero attached hydrogens (tertiary/aromatic N) is 1. The first kappa shape index (κ1) is 10.7. The number of hydrogen-bond donors (Lipinski definition) is 1. The molecule has 1 aromatic rings. The molecule has 1 aliphatic heterocycles. The summed E-state index contributed by atoms with van der Waals surface area (Å²) in [6.45, 7) is 3.81. The second-order valence-corrected chi connectivity index (χ2v) is 4.53. The van der Waals surface area contributed by atoms with Crippen molar-refractivity contribution >= 4 is 17.4 Å². The molecule has 0 aromatic carbocycles. The molecule has 2 rings (SSSR count). The molecule has 0 spiro atoms. The van der Waals surface area contributed by atoms with E-state index < -0.39 is 0 Å². The molecule has 0 bridgehead atoms. The second kappa shape index (κ2) is 4.37. The molecule has 0 amide bonds. The minimum Gasteiger partial charge on any atom is -0.381 e. The summed E-state index contributed by atoms with van der Waals surface area (Å²) in [6.07, 6.45) is 2.00. The highest BCUT2D eigenvalue weighted by atomic mass is 35.5. The third kappa shape index (κ3) is 2.83. The van der Waals surface area contributed by atoms with Gasteiger partial charge >= 0.3 is 0 Å². The maximum absolute atomic E-state index is 5.83.